The lowest BCUT2D eigenvalue weighted by Gasteiger charge is -2.22. The van der Waals surface area contributed by atoms with Crippen LogP contribution in [0.5, 0.6) is 0 Å². The van der Waals surface area contributed by atoms with Crippen molar-refractivity contribution in [1.29, 1.82) is 0 Å². The van der Waals surface area contributed by atoms with E-state index in [0.29, 0.717) is 18.0 Å². The largest absolute Gasteiger partial charge is 0.416 e. The van der Waals surface area contributed by atoms with Crippen LogP contribution in [0, 0.1) is 5.92 Å². The first-order valence-corrected chi connectivity index (χ1v) is 7.34. The highest BCUT2D eigenvalue weighted by Crippen LogP contribution is 2.31. The lowest BCUT2D eigenvalue weighted by molar-refractivity contribution is -0.138. The van der Waals surface area contributed by atoms with E-state index in [-0.39, 0.29) is 12.3 Å². The maximum atomic E-state index is 12.7. The second kappa shape index (κ2) is 6.50. The van der Waals surface area contributed by atoms with E-state index in [9.17, 15) is 18.0 Å². The van der Waals surface area contributed by atoms with Gasteiger partial charge in [-0.2, -0.15) is 13.2 Å². The van der Waals surface area contributed by atoms with E-state index in [1.54, 1.807) is 11.0 Å². The number of alkyl halides is 3. The highest BCUT2D eigenvalue weighted by molar-refractivity contribution is 5.78. The number of amides is 1. The van der Waals surface area contributed by atoms with Crippen molar-refractivity contribution in [3.63, 3.8) is 0 Å². The van der Waals surface area contributed by atoms with E-state index < -0.39 is 11.7 Å². The van der Waals surface area contributed by atoms with Crippen molar-refractivity contribution < 1.29 is 18.0 Å². The molecule has 1 amide bonds. The first-order chi connectivity index (χ1) is 9.90. The van der Waals surface area contributed by atoms with Crippen LogP contribution in [-0.4, -0.2) is 23.9 Å². The Hall–Kier alpha value is -1.52. The Labute approximate surface area is 122 Å². The summed E-state index contributed by atoms with van der Waals surface area (Å²) < 4.78 is 38.0. The van der Waals surface area contributed by atoms with Crippen molar-refractivity contribution in [3.05, 3.63) is 35.4 Å². The second-order valence-electron chi connectivity index (χ2n) is 5.66. The Bertz CT molecular complexity index is 495. The quantitative estimate of drug-likeness (QED) is 0.780. The number of hydrogen-bond donors (Lipinski definition) is 0. The molecule has 2 rings (SSSR count). The molecule has 2 nitrogen and oxygen atoms in total. The lowest BCUT2D eigenvalue weighted by atomic mass is 10.1. The fourth-order valence-electron chi connectivity index (χ4n) is 2.34. The van der Waals surface area contributed by atoms with Gasteiger partial charge in [-0.25, -0.2) is 0 Å². The van der Waals surface area contributed by atoms with Crippen LogP contribution in [0.25, 0.3) is 0 Å². The van der Waals surface area contributed by atoms with E-state index in [1.165, 1.54) is 6.07 Å². The van der Waals surface area contributed by atoms with Crippen molar-refractivity contribution in [3.8, 4) is 0 Å². The fourth-order valence-corrected chi connectivity index (χ4v) is 2.34. The number of rotatable bonds is 6. The van der Waals surface area contributed by atoms with Gasteiger partial charge in [0.25, 0.3) is 0 Å². The van der Waals surface area contributed by atoms with E-state index in [4.69, 9.17) is 0 Å². The molecule has 0 heterocycles. The van der Waals surface area contributed by atoms with Crippen molar-refractivity contribution in [2.45, 2.75) is 38.8 Å². The SMILES string of the molecule is CCCN(CC1CC1)C(=O)Cc1cccc(C(F)(F)F)c1. The van der Waals surface area contributed by atoms with E-state index in [0.717, 1.165) is 37.9 Å². The van der Waals surface area contributed by atoms with Gasteiger partial charge in [-0.1, -0.05) is 25.1 Å². The molecule has 0 saturated heterocycles. The fraction of sp³-hybridized carbons (Fsp3) is 0.562. The highest BCUT2D eigenvalue weighted by atomic mass is 19.4. The third kappa shape index (κ3) is 4.76. The van der Waals surface area contributed by atoms with Crippen molar-refractivity contribution in [2.75, 3.05) is 13.1 Å². The summed E-state index contributed by atoms with van der Waals surface area (Å²) in [6.07, 6.45) is -1.16. The minimum Gasteiger partial charge on any atom is -0.342 e. The van der Waals surface area contributed by atoms with Crippen molar-refractivity contribution in [2.24, 2.45) is 5.92 Å². The molecule has 0 bridgehead atoms. The summed E-state index contributed by atoms with van der Waals surface area (Å²) in [7, 11) is 0. The summed E-state index contributed by atoms with van der Waals surface area (Å²) in [6, 6.07) is 5.03. The van der Waals surface area contributed by atoms with Crippen molar-refractivity contribution >= 4 is 5.91 Å². The lowest BCUT2D eigenvalue weighted by Crippen LogP contribution is -2.34. The van der Waals surface area contributed by atoms with Gasteiger partial charge in [0.15, 0.2) is 0 Å². The van der Waals surface area contributed by atoms with Crippen LogP contribution in [0.1, 0.15) is 37.3 Å². The van der Waals surface area contributed by atoms with Crippen LogP contribution in [0.2, 0.25) is 0 Å². The molecule has 1 aliphatic rings. The number of hydrogen-bond acceptors (Lipinski definition) is 1. The van der Waals surface area contributed by atoms with Crippen molar-refractivity contribution in [1.82, 2.24) is 4.90 Å². The molecule has 0 N–H and O–H groups in total. The molecule has 0 aliphatic heterocycles. The number of nitrogens with zero attached hydrogens (tertiary/aromatic N) is 1. The van der Waals surface area contributed by atoms with Gasteiger partial charge in [-0.3, -0.25) is 4.79 Å². The van der Waals surface area contributed by atoms with E-state index in [2.05, 4.69) is 0 Å². The molecule has 0 radical (unpaired) electrons. The molecule has 1 aliphatic carbocycles. The Morgan fingerprint density at radius 1 is 1.33 bits per heavy atom. The number of carbonyl (C=O) groups is 1. The number of halogens is 3. The third-order valence-electron chi connectivity index (χ3n) is 3.63. The molecule has 1 fully saturated rings. The van der Waals surface area contributed by atoms with Crippen LogP contribution in [0.15, 0.2) is 24.3 Å². The first kappa shape index (κ1) is 15.9. The summed E-state index contributed by atoms with van der Waals surface area (Å²) in [4.78, 5) is 14.1. The molecule has 21 heavy (non-hydrogen) atoms. The van der Waals surface area contributed by atoms with E-state index >= 15 is 0 Å². The summed E-state index contributed by atoms with van der Waals surface area (Å²) in [6.45, 7) is 3.41. The molecule has 116 valence electrons. The summed E-state index contributed by atoms with van der Waals surface area (Å²) >= 11 is 0. The van der Waals surface area contributed by atoms with Gasteiger partial charge in [-0.15, -0.1) is 0 Å². The number of carbonyl (C=O) groups excluding carboxylic acids is 1. The van der Waals surface area contributed by atoms with Crippen LogP contribution in [0.4, 0.5) is 13.2 Å². The topological polar surface area (TPSA) is 20.3 Å². The minimum absolute atomic E-state index is 0.0383. The molecule has 1 aromatic rings. The summed E-state index contributed by atoms with van der Waals surface area (Å²) in [5.41, 5.74) is -0.274. The maximum absolute atomic E-state index is 12.7. The molecule has 1 saturated carbocycles. The zero-order chi connectivity index (χ0) is 15.5. The molecule has 0 unspecified atom stereocenters. The van der Waals surface area contributed by atoms with Gasteiger partial charge >= 0.3 is 6.18 Å². The smallest absolute Gasteiger partial charge is 0.342 e. The number of benzene rings is 1. The Kier molecular flexibility index (Phi) is 4.91. The second-order valence-corrected chi connectivity index (χ2v) is 5.66. The molecule has 0 spiro atoms. The Morgan fingerprint density at radius 3 is 2.62 bits per heavy atom. The third-order valence-corrected chi connectivity index (χ3v) is 3.63. The summed E-state index contributed by atoms with van der Waals surface area (Å²) in [5, 5.41) is 0. The monoisotopic (exact) mass is 299 g/mol. The first-order valence-electron chi connectivity index (χ1n) is 7.34. The molecule has 5 heteroatoms. The van der Waals surface area contributed by atoms with E-state index in [1.807, 2.05) is 6.92 Å². The Morgan fingerprint density at radius 2 is 2.05 bits per heavy atom. The standard InChI is InChI=1S/C16H20F3NO/c1-2-8-20(11-12-6-7-12)15(21)10-13-4-3-5-14(9-13)16(17,18)19/h3-5,9,12H,2,6-8,10-11H2,1H3. The predicted molar refractivity (Wildman–Crippen MR) is 74.7 cm³/mol. The van der Waals surface area contributed by atoms with Gasteiger partial charge in [0.2, 0.25) is 5.91 Å². The summed E-state index contributed by atoms with van der Waals surface area (Å²) in [5.74, 6) is 0.505. The Balaban J connectivity index is 2.03. The van der Waals surface area contributed by atoms with Gasteiger partial charge in [0.1, 0.15) is 0 Å². The van der Waals surface area contributed by atoms with Gasteiger partial charge < -0.3 is 4.90 Å². The molecular weight excluding hydrogens is 279 g/mol. The predicted octanol–water partition coefficient (Wildman–Crippen LogP) is 3.90. The van der Waals surface area contributed by atoms with Crippen LogP contribution >= 0.6 is 0 Å². The van der Waals surface area contributed by atoms with Crippen LogP contribution in [0.3, 0.4) is 0 Å². The average molecular weight is 299 g/mol. The molecule has 0 aromatic heterocycles. The average Bonchev–Trinajstić information content (AvgIpc) is 3.21. The molecular formula is C16H20F3NO. The highest BCUT2D eigenvalue weighted by Gasteiger charge is 2.31. The normalized spacial score (nSPS) is 15.0. The van der Waals surface area contributed by atoms with Gasteiger partial charge in [0.05, 0.1) is 12.0 Å². The van der Waals surface area contributed by atoms with Crippen LogP contribution in [-0.2, 0) is 17.4 Å². The van der Waals surface area contributed by atoms with Gasteiger partial charge in [0, 0.05) is 13.1 Å². The zero-order valence-electron chi connectivity index (χ0n) is 12.1. The maximum Gasteiger partial charge on any atom is 0.416 e. The zero-order valence-corrected chi connectivity index (χ0v) is 12.1. The van der Waals surface area contributed by atoms with Crippen LogP contribution < -0.4 is 0 Å². The molecule has 1 aromatic carbocycles. The molecule has 0 atom stereocenters. The van der Waals surface area contributed by atoms with Gasteiger partial charge in [-0.05, 0) is 36.8 Å². The minimum atomic E-state index is -4.36.